The van der Waals surface area contributed by atoms with E-state index in [1.54, 1.807) is 24.3 Å². The Labute approximate surface area is 214 Å². The third-order valence-corrected chi connectivity index (χ3v) is 8.04. The summed E-state index contributed by atoms with van der Waals surface area (Å²) in [5, 5.41) is 11.1. The van der Waals surface area contributed by atoms with Gasteiger partial charge in [0.1, 0.15) is 5.82 Å². The number of benzene rings is 2. The summed E-state index contributed by atoms with van der Waals surface area (Å²) in [7, 11) is 0. The number of fused-ring (bicyclic) bond motifs is 1. The van der Waals surface area contributed by atoms with Crippen molar-refractivity contribution in [2.45, 2.75) is 56.6 Å². The highest BCUT2D eigenvalue weighted by Crippen LogP contribution is 2.52. The Bertz CT molecular complexity index is 1440. The molecule has 0 saturated heterocycles. The van der Waals surface area contributed by atoms with Crippen LogP contribution in [-0.4, -0.2) is 32.4 Å². The van der Waals surface area contributed by atoms with Crippen LogP contribution in [0.1, 0.15) is 72.0 Å². The van der Waals surface area contributed by atoms with Crippen LogP contribution in [-0.2, 0) is 23.2 Å². The third kappa shape index (κ3) is 4.08. The Morgan fingerprint density at radius 2 is 1.97 bits per heavy atom. The summed E-state index contributed by atoms with van der Waals surface area (Å²) in [5.41, 5.74) is 5.10. The van der Waals surface area contributed by atoms with Crippen LogP contribution in [0.15, 0.2) is 59.4 Å². The summed E-state index contributed by atoms with van der Waals surface area (Å²) in [6.07, 6.45) is 6.85. The molecule has 36 heavy (non-hydrogen) atoms. The van der Waals surface area contributed by atoms with Crippen molar-refractivity contribution in [1.29, 1.82) is 0 Å². The number of carbonyl (C=O) groups is 1. The highest BCUT2D eigenvalue weighted by atomic mass is 35.5. The van der Waals surface area contributed by atoms with Gasteiger partial charge in [-0.2, -0.15) is 0 Å². The van der Waals surface area contributed by atoms with Gasteiger partial charge in [-0.05, 0) is 66.5 Å². The zero-order valence-electron chi connectivity index (χ0n) is 20.0. The first kappa shape index (κ1) is 23.2. The molecule has 2 heterocycles. The van der Waals surface area contributed by atoms with Crippen LogP contribution in [0.25, 0.3) is 5.57 Å². The first-order chi connectivity index (χ1) is 17.4. The van der Waals surface area contributed by atoms with Gasteiger partial charge in [0.25, 0.3) is 11.5 Å². The lowest BCUT2D eigenvalue weighted by Crippen LogP contribution is -2.42. The van der Waals surface area contributed by atoms with E-state index in [9.17, 15) is 14.7 Å². The number of aliphatic hydroxyl groups excluding tert-OH is 1. The topological polar surface area (TPSA) is 86.3 Å². The zero-order valence-corrected chi connectivity index (χ0v) is 20.7. The van der Waals surface area contributed by atoms with Gasteiger partial charge in [0.15, 0.2) is 6.10 Å². The number of carbonyl (C=O) groups excluding carboxylic acids is 1. The van der Waals surface area contributed by atoms with E-state index < -0.39 is 12.0 Å². The Morgan fingerprint density at radius 3 is 2.72 bits per heavy atom. The lowest BCUT2D eigenvalue weighted by Gasteiger charge is -2.30. The van der Waals surface area contributed by atoms with Crippen molar-refractivity contribution in [2.24, 2.45) is 0 Å². The molecule has 0 radical (unpaired) electrons. The number of H-pyrrole nitrogens is 1. The predicted octanol–water partition coefficient (Wildman–Crippen LogP) is 4.69. The average molecular weight is 502 g/mol. The van der Waals surface area contributed by atoms with Gasteiger partial charge in [-0.25, -0.2) is 4.98 Å². The predicted molar refractivity (Wildman–Crippen MR) is 139 cm³/mol. The van der Waals surface area contributed by atoms with Crippen LogP contribution in [0.5, 0.6) is 0 Å². The van der Waals surface area contributed by atoms with E-state index in [2.05, 4.69) is 35.3 Å². The number of allylic oxidation sites excluding steroid dienone is 2. The first-order valence-corrected chi connectivity index (χ1v) is 13.0. The van der Waals surface area contributed by atoms with E-state index in [-0.39, 0.29) is 17.5 Å². The van der Waals surface area contributed by atoms with E-state index in [1.807, 2.05) is 0 Å². The molecule has 1 fully saturated rings. The standard InChI is InChI=1S/C29H28ClN3O3/c30-22-10-4-8-20(16-22)25(34)27(36)33-14-11-24-23(17-33)26(35)32-28(31-24)29(12-13-29)21-9-3-7-19(15-21)18-5-1-2-6-18/h3-5,7-10,15-16,25,34H,1-2,6,11-14,17H2,(H,31,32,35). The molecule has 1 amide bonds. The second kappa shape index (κ2) is 9.02. The monoisotopic (exact) mass is 501 g/mol. The molecule has 1 unspecified atom stereocenters. The van der Waals surface area contributed by atoms with Crippen molar-refractivity contribution in [2.75, 3.05) is 6.54 Å². The Morgan fingerprint density at radius 1 is 1.14 bits per heavy atom. The Hall–Kier alpha value is -3.22. The van der Waals surface area contributed by atoms with Gasteiger partial charge >= 0.3 is 0 Å². The lowest BCUT2D eigenvalue weighted by molar-refractivity contribution is -0.141. The molecule has 6 rings (SSSR count). The number of aromatic amines is 1. The second-order valence-corrected chi connectivity index (χ2v) is 10.5. The summed E-state index contributed by atoms with van der Waals surface area (Å²) in [4.78, 5) is 35.7. The van der Waals surface area contributed by atoms with Crippen LogP contribution < -0.4 is 5.56 Å². The molecule has 1 aliphatic heterocycles. The molecule has 2 aromatic carbocycles. The van der Waals surface area contributed by atoms with Gasteiger partial charge in [-0.15, -0.1) is 0 Å². The smallest absolute Gasteiger partial charge is 0.256 e. The molecule has 0 spiro atoms. The van der Waals surface area contributed by atoms with Crippen molar-refractivity contribution in [3.8, 4) is 0 Å². The lowest BCUT2D eigenvalue weighted by atomic mass is 9.91. The fraction of sp³-hybridized carbons (Fsp3) is 0.345. The van der Waals surface area contributed by atoms with Crippen molar-refractivity contribution >= 4 is 23.1 Å². The minimum absolute atomic E-state index is 0.130. The SMILES string of the molecule is O=C(C(O)c1cccc(Cl)c1)N1CCc2nc(C3(c4cccc(C5=CCCC5)c4)CC3)[nH]c(=O)c2C1. The molecular formula is C29H28ClN3O3. The van der Waals surface area contributed by atoms with Gasteiger partial charge in [0.2, 0.25) is 0 Å². The van der Waals surface area contributed by atoms with Crippen LogP contribution in [0, 0.1) is 0 Å². The number of nitrogens with zero attached hydrogens (tertiary/aromatic N) is 2. The van der Waals surface area contributed by atoms with Crippen molar-refractivity contribution in [1.82, 2.24) is 14.9 Å². The molecule has 6 nitrogen and oxygen atoms in total. The maximum atomic E-state index is 13.2. The van der Waals surface area contributed by atoms with Crippen LogP contribution >= 0.6 is 11.6 Å². The van der Waals surface area contributed by atoms with E-state index in [0.29, 0.717) is 29.1 Å². The number of rotatable bonds is 5. The molecule has 1 atom stereocenters. The fourth-order valence-electron chi connectivity index (χ4n) is 5.57. The van der Waals surface area contributed by atoms with E-state index >= 15 is 0 Å². The number of hydrogen-bond acceptors (Lipinski definition) is 4. The molecule has 1 aromatic heterocycles. The normalized spacial score (nSPS) is 18.9. The highest BCUT2D eigenvalue weighted by molar-refractivity contribution is 6.30. The molecule has 3 aromatic rings. The summed E-state index contributed by atoms with van der Waals surface area (Å²) in [5.74, 6) is 0.283. The molecule has 7 heteroatoms. The van der Waals surface area contributed by atoms with Crippen LogP contribution in [0.2, 0.25) is 5.02 Å². The number of halogens is 1. The largest absolute Gasteiger partial charge is 0.378 e. The maximum absolute atomic E-state index is 13.2. The molecule has 3 aliphatic rings. The minimum Gasteiger partial charge on any atom is -0.378 e. The third-order valence-electron chi connectivity index (χ3n) is 7.81. The van der Waals surface area contributed by atoms with Gasteiger partial charge in [-0.3, -0.25) is 9.59 Å². The molecule has 184 valence electrons. The highest BCUT2D eigenvalue weighted by Gasteiger charge is 2.49. The summed E-state index contributed by atoms with van der Waals surface area (Å²) < 4.78 is 0. The van der Waals surface area contributed by atoms with Crippen molar-refractivity contribution in [3.63, 3.8) is 0 Å². The molecule has 1 saturated carbocycles. The second-order valence-electron chi connectivity index (χ2n) is 10.1. The summed E-state index contributed by atoms with van der Waals surface area (Å²) >= 11 is 6.02. The maximum Gasteiger partial charge on any atom is 0.256 e. The average Bonchev–Trinajstić information content (AvgIpc) is 3.53. The van der Waals surface area contributed by atoms with Gasteiger partial charge in [0.05, 0.1) is 23.2 Å². The fourth-order valence-corrected chi connectivity index (χ4v) is 5.77. The Kier molecular flexibility index (Phi) is 5.81. The zero-order chi connectivity index (χ0) is 24.9. The Balaban J connectivity index is 1.26. The number of amides is 1. The van der Waals surface area contributed by atoms with Crippen molar-refractivity contribution < 1.29 is 9.90 Å². The number of hydrogen-bond donors (Lipinski definition) is 2. The van der Waals surface area contributed by atoms with Gasteiger partial charge < -0.3 is 15.0 Å². The molecular weight excluding hydrogens is 474 g/mol. The summed E-state index contributed by atoms with van der Waals surface area (Å²) in [6, 6.07) is 15.3. The van der Waals surface area contributed by atoms with Crippen molar-refractivity contribution in [3.05, 3.63) is 104 Å². The summed E-state index contributed by atoms with van der Waals surface area (Å²) in [6.45, 7) is 0.529. The number of aromatic nitrogens is 2. The van der Waals surface area contributed by atoms with E-state index in [0.717, 1.165) is 37.2 Å². The molecule has 2 N–H and O–H groups in total. The number of nitrogens with one attached hydrogen (secondary N) is 1. The van der Waals surface area contributed by atoms with Gasteiger partial charge in [-0.1, -0.05) is 54.1 Å². The van der Waals surface area contributed by atoms with Crippen LogP contribution in [0.4, 0.5) is 0 Å². The van der Waals surface area contributed by atoms with Gasteiger partial charge in [0, 0.05) is 18.0 Å². The van der Waals surface area contributed by atoms with Crippen LogP contribution in [0.3, 0.4) is 0 Å². The quantitative estimate of drug-likeness (QED) is 0.531. The first-order valence-electron chi connectivity index (χ1n) is 12.6. The number of aliphatic hydroxyl groups is 1. The molecule has 0 bridgehead atoms. The molecule has 2 aliphatic carbocycles. The van der Waals surface area contributed by atoms with E-state index in [1.165, 1.54) is 28.0 Å². The minimum atomic E-state index is -1.33. The van der Waals surface area contributed by atoms with E-state index in [4.69, 9.17) is 16.6 Å².